The molecule has 2 aromatic carbocycles. The minimum Gasteiger partial charge on any atom is -0.297 e. The smallest absolute Gasteiger partial charge is 0.262 e. The summed E-state index contributed by atoms with van der Waals surface area (Å²) in [6, 6.07) is 14.5. The van der Waals surface area contributed by atoms with Gasteiger partial charge in [0.05, 0.1) is 10.7 Å². The van der Waals surface area contributed by atoms with E-state index < -0.39 is 0 Å². The van der Waals surface area contributed by atoms with Gasteiger partial charge in [-0.05, 0) is 29.8 Å². The zero-order chi connectivity index (χ0) is 14.4. The lowest BCUT2D eigenvalue weighted by Crippen LogP contribution is -2.27. The highest BCUT2D eigenvalue weighted by atomic mass is 35.5. The van der Waals surface area contributed by atoms with Crippen LogP contribution in [-0.2, 0) is 4.79 Å². The van der Waals surface area contributed by atoms with Crippen molar-refractivity contribution in [2.24, 2.45) is 0 Å². The summed E-state index contributed by atoms with van der Waals surface area (Å²) in [5, 5.41) is 0.973. The molecule has 0 spiro atoms. The van der Waals surface area contributed by atoms with Crippen LogP contribution >= 0.6 is 23.2 Å². The van der Waals surface area contributed by atoms with Gasteiger partial charge in [0.15, 0.2) is 0 Å². The lowest BCUT2D eigenvalue weighted by atomic mass is 10.2. The predicted molar refractivity (Wildman–Crippen MR) is 83.7 cm³/mol. The Morgan fingerprint density at radius 1 is 1.05 bits per heavy atom. The SMILES string of the molecule is O=C(/C=C/c1ccccc1)NNc1ccc(Cl)cc1Cl. The first-order valence-corrected chi connectivity index (χ1v) is 6.65. The Balaban J connectivity index is 1.91. The highest BCUT2D eigenvalue weighted by molar-refractivity contribution is 6.36. The van der Waals surface area contributed by atoms with Gasteiger partial charge in [0.25, 0.3) is 5.91 Å². The number of carbonyl (C=O) groups is 1. The number of rotatable bonds is 4. The summed E-state index contributed by atoms with van der Waals surface area (Å²) in [6.07, 6.45) is 3.16. The van der Waals surface area contributed by atoms with E-state index in [1.54, 1.807) is 24.3 Å². The molecular formula is C15H12Cl2N2O. The van der Waals surface area contributed by atoms with Crippen LogP contribution in [0.25, 0.3) is 6.08 Å². The second-order valence-corrected chi connectivity index (χ2v) is 4.83. The molecule has 0 aliphatic rings. The lowest BCUT2D eigenvalue weighted by Gasteiger charge is -2.08. The second kappa shape index (κ2) is 6.98. The molecular weight excluding hydrogens is 295 g/mol. The van der Waals surface area contributed by atoms with Crippen molar-refractivity contribution < 1.29 is 4.79 Å². The fourth-order valence-electron chi connectivity index (χ4n) is 1.50. The van der Waals surface area contributed by atoms with Gasteiger partial charge >= 0.3 is 0 Å². The van der Waals surface area contributed by atoms with Gasteiger partial charge in [-0.2, -0.15) is 0 Å². The third-order valence-electron chi connectivity index (χ3n) is 2.48. The molecule has 2 rings (SSSR count). The first-order chi connectivity index (χ1) is 9.65. The van der Waals surface area contributed by atoms with Gasteiger partial charge in [0.2, 0.25) is 0 Å². The van der Waals surface area contributed by atoms with E-state index in [2.05, 4.69) is 10.9 Å². The summed E-state index contributed by atoms with van der Waals surface area (Å²) in [6.45, 7) is 0. The second-order valence-electron chi connectivity index (χ2n) is 3.98. The molecule has 0 unspecified atom stereocenters. The van der Waals surface area contributed by atoms with E-state index in [1.165, 1.54) is 6.08 Å². The van der Waals surface area contributed by atoms with Crippen LogP contribution in [0.15, 0.2) is 54.6 Å². The van der Waals surface area contributed by atoms with Gasteiger partial charge in [-0.1, -0.05) is 53.5 Å². The van der Waals surface area contributed by atoms with Crippen molar-refractivity contribution >= 4 is 40.9 Å². The number of anilines is 1. The van der Waals surface area contributed by atoms with Crippen LogP contribution < -0.4 is 10.9 Å². The number of hydrazine groups is 1. The Kier molecular flexibility index (Phi) is 5.04. The van der Waals surface area contributed by atoms with Crippen molar-refractivity contribution in [2.45, 2.75) is 0 Å². The maximum Gasteiger partial charge on any atom is 0.262 e. The van der Waals surface area contributed by atoms with Crippen LogP contribution in [0.3, 0.4) is 0 Å². The normalized spacial score (nSPS) is 10.5. The van der Waals surface area contributed by atoms with E-state index in [0.29, 0.717) is 15.7 Å². The van der Waals surface area contributed by atoms with Crippen LogP contribution in [0, 0.1) is 0 Å². The molecule has 2 N–H and O–H groups in total. The van der Waals surface area contributed by atoms with Crippen LogP contribution in [0.1, 0.15) is 5.56 Å². The standard InChI is InChI=1S/C15H12Cl2N2O/c16-12-7-8-14(13(17)10-12)18-19-15(20)9-6-11-4-2-1-3-5-11/h1-10,18H,(H,19,20)/b9-6+. The number of carbonyl (C=O) groups excluding carboxylic acids is 1. The van der Waals surface area contributed by atoms with E-state index >= 15 is 0 Å². The predicted octanol–water partition coefficient (Wildman–Crippen LogP) is 4.15. The molecule has 3 nitrogen and oxygen atoms in total. The van der Waals surface area contributed by atoms with E-state index in [-0.39, 0.29) is 5.91 Å². The van der Waals surface area contributed by atoms with Gasteiger partial charge in [0, 0.05) is 11.1 Å². The average molecular weight is 307 g/mol. The maximum absolute atomic E-state index is 11.6. The highest BCUT2D eigenvalue weighted by Crippen LogP contribution is 2.24. The molecule has 0 heterocycles. The zero-order valence-corrected chi connectivity index (χ0v) is 11.9. The Hall–Kier alpha value is -1.97. The fourth-order valence-corrected chi connectivity index (χ4v) is 1.95. The van der Waals surface area contributed by atoms with Crippen molar-refractivity contribution in [1.82, 2.24) is 5.43 Å². The quantitative estimate of drug-likeness (QED) is 0.658. The summed E-state index contributed by atoms with van der Waals surface area (Å²) in [5.74, 6) is -0.278. The van der Waals surface area contributed by atoms with Crippen molar-refractivity contribution in [1.29, 1.82) is 0 Å². The van der Waals surface area contributed by atoms with Crippen LogP contribution in [0.2, 0.25) is 10.0 Å². The van der Waals surface area contributed by atoms with Gasteiger partial charge < -0.3 is 0 Å². The summed E-state index contributed by atoms with van der Waals surface area (Å²) in [4.78, 5) is 11.6. The van der Waals surface area contributed by atoms with E-state index in [1.807, 2.05) is 30.3 Å². The summed E-state index contributed by atoms with van der Waals surface area (Å²) in [5.41, 5.74) is 6.79. The Morgan fingerprint density at radius 3 is 2.50 bits per heavy atom. The van der Waals surface area contributed by atoms with Gasteiger partial charge in [0.1, 0.15) is 0 Å². The third-order valence-corrected chi connectivity index (χ3v) is 3.03. The molecule has 0 fully saturated rings. The largest absolute Gasteiger partial charge is 0.297 e. The third kappa shape index (κ3) is 4.30. The molecule has 5 heteroatoms. The molecule has 1 amide bonds. The summed E-state index contributed by atoms with van der Waals surface area (Å²) < 4.78 is 0. The zero-order valence-electron chi connectivity index (χ0n) is 10.4. The van der Waals surface area contributed by atoms with Crippen molar-refractivity contribution in [3.05, 3.63) is 70.2 Å². The molecule has 102 valence electrons. The monoisotopic (exact) mass is 306 g/mol. The van der Waals surface area contributed by atoms with Crippen LogP contribution in [0.5, 0.6) is 0 Å². The molecule has 0 bridgehead atoms. The van der Waals surface area contributed by atoms with E-state index in [4.69, 9.17) is 23.2 Å². The number of hydrogen-bond donors (Lipinski definition) is 2. The molecule has 0 saturated heterocycles. The number of halogens is 2. The molecule has 0 aliphatic heterocycles. The van der Waals surface area contributed by atoms with Gasteiger partial charge in [-0.15, -0.1) is 0 Å². The topological polar surface area (TPSA) is 41.1 Å². The minimum absolute atomic E-state index is 0.278. The van der Waals surface area contributed by atoms with E-state index in [0.717, 1.165) is 5.56 Å². The molecule has 0 aromatic heterocycles. The summed E-state index contributed by atoms with van der Waals surface area (Å²) >= 11 is 11.8. The Morgan fingerprint density at radius 2 is 1.80 bits per heavy atom. The minimum atomic E-state index is -0.278. The van der Waals surface area contributed by atoms with Gasteiger partial charge in [-0.3, -0.25) is 15.6 Å². The molecule has 20 heavy (non-hydrogen) atoms. The fraction of sp³-hybridized carbons (Fsp3) is 0. The molecule has 0 aliphatic carbocycles. The number of amides is 1. The highest BCUT2D eigenvalue weighted by Gasteiger charge is 2.01. The number of benzene rings is 2. The molecule has 0 saturated carbocycles. The molecule has 0 radical (unpaired) electrons. The molecule has 0 atom stereocenters. The first-order valence-electron chi connectivity index (χ1n) is 5.89. The molecule has 2 aromatic rings. The number of nitrogens with one attached hydrogen (secondary N) is 2. The number of hydrogen-bond acceptors (Lipinski definition) is 2. The van der Waals surface area contributed by atoms with Crippen molar-refractivity contribution in [3.8, 4) is 0 Å². The van der Waals surface area contributed by atoms with Crippen molar-refractivity contribution in [3.63, 3.8) is 0 Å². The first kappa shape index (κ1) is 14.4. The van der Waals surface area contributed by atoms with Gasteiger partial charge in [-0.25, -0.2) is 0 Å². The Labute approximate surface area is 127 Å². The lowest BCUT2D eigenvalue weighted by molar-refractivity contribution is -0.115. The Bertz CT molecular complexity index is 627. The van der Waals surface area contributed by atoms with Crippen LogP contribution in [-0.4, -0.2) is 5.91 Å². The summed E-state index contributed by atoms with van der Waals surface area (Å²) in [7, 11) is 0. The van der Waals surface area contributed by atoms with Crippen molar-refractivity contribution in [2.75, 3.05) is 5.43 Å². The maximum atomic E-state index is 11.6. The average Bonchev–Trinajstić information content (AvgIpc) is 2.45. The van der Waals surface area contributed by atoms with E-state index in [9.17, 15) is 4.79 Å². The van der Waals surface area contributed by atoms with Crippen LogP contribution in [0.4, 0.5) is 5.69 Å².